The zero-order valence-corrected chi connectivity index (χ0v) is 13.8. The summed E-state index contributed by atoms with van der Waals surface area (Å²) in [7, 11) is 1.67. The Morgan fingerprint density at radius 3 is 3.09 bits per heavy atom. The molecule has 2 heterocycles. The summed E-state index contributed by atoms with van der Waals surface area (Å²) >= 11 is 1.57. The highest BCUT2D eigenvalue weighted by Crippen LogP contribution is 2.27. The van der Waals surface area contributed by atoms with Gasteiger partial charge in [-0.1, -0.05) is 12.1 Å². The van der Waals surface area contributed by atoms with Gasteiger partial charge in [0.1, 0.15) is 5.75 Å². The molecule has 2 N–H and O–H groups in total. The molecule has 5 nitrogen and oxygen atoms in total. The predicted octanol–water partition coefficient (Wildman–Crippen LogP) is 2.43. The number of benzene rings is 1. The number of carbonyl (C=O) groups excluding carboxylic acids is 1. The first-order valence-electron chi connectivity index (χ1n) is 7.51. The van der Waals surface area contributed by atoms with Crippen molar-refractivity contribution in [2.24, 2.45) is 5.73 Å². The van der Waals surface area contributed by atoms with Crippen LogP contribution >= 0.6 is 11.3 Å². The number of primary amides is 1. The van der Waals surface area contributed by atoms with Gasteiger partial charge in [0, 0.05) is 29.9 Å². The number of nitrogens with two attached hydrogens (primary N) is 1. The Kier molecular flexibility index (Phi) is 4.95. The first-order valence-corrected chi connectivity index (χ1v) is 8.39. The number of ether oxygens (including phenoxy) is 2. The minimum atomic E-state index is -0.372. The number of nitrogens with zero attached hydrogens (tertiary/aromatic N) is 1. The quantitative estimate of drug-likeness (QED) is 0.913. The van der Waals surface area contributed by atoms with E-state index >= 15 is 0 Å². The molecule has 3 rings (SSSR count). The van der Waals surface area contributed by atoms with Crippen molar-refractivity contribution in [1.29, 1.82) is 0 Å². The molecule has 1 fully saturated rings. The van der Waals surface area contributed by atoms with Gasteiger partial charge in [-0.3, -0.25) is 9.69 Å². The fraction of sp³-hybridized carbons (Fsp3) is 0.353. The lowest BCUT2D eigenvalue weighted by Crippen LogP contribution is -2.37. The van der Waals surface area contributed by atoms with Crippen LogP contribution in [-0.2, 0) is 11.3 Å². The Morgan fingerprint density at radius 1 is 1.48 bits per heavy atom. The number of rotatable bonds is 5. The van der Waals surface area contributed by atoms with E-state index in [-0.39, 0.29) is 12.0 Å². The molecule has 1 atom stereocenters. The van der Waals surface area contributed by atoms with Crippen LogP contribution in [0.2, 0.25) is 0 Å². The molecule has 1 aromatic heterocycles. The molecule has 0 aliphatic carbocycles. The Hall–Kier alpha value is -1.89. The van der Waals surface area contributed by atoms with E-state index in [1.165, 1.54) is 0 Å². The van der Waals surface area contributed by atoms with Crippen molar-refractivity contribution in [2.45, 2.75) is 12.6 Å². The van der Waals surface area contributed by atoms with Crippen molar-refractivity contribution in [2.75, 3.05) is 26.8 Å². The van der Waals surface area contributed by atoms with Gasteiger partial charge in [-0.05, 0) is 23.8 Å². The van der Waals surface area contributed by atoms with E-state index in [2.05, 4.69) is 11.0 Å². The second-order valence-electron chi connectivity index (χ2n) is 5.54. The van der Waals surface area contributed by atoms with Crippen LogP contribution in [0.3, 0.4) is 0 Å². The topological polar surface area (TPSA) is 64.8 Å². The van der Waals surface area contributed by atoms with Gasteiger partial charge in [0.25, 0.3) is 0 Å². The Bertz CT molecular complexity index is 686. The maximum Gasteiger partial charge on any atom is 0.249 e. The molecule has 122 valence electrons. The molecule has 23 heavy (non-hydrogen) atoms. The number of thiophene rings is 1. The van der Waals surface area contributed by atoms with E-state index in [9.17, 15) is 4.79 Å². The predicted molar refractivity (Wildman–Crippen MR) is 89.8 cm³/mol. The van der Waals surface area contributed by atoms with Gasteiger partial charge in [-0.25, -0.2) is 0 Å². The summed E-state index contributed by atoms with van der Waals surface area (Å²) in [5, 5.41) is 1.82. The molecule has 0 spiro atoms. The third-order valence-corrected chi connectivity index (χ3v) is 4.86. The van der Waals surface area contributed by atoms with E-state index in [1.807, 2.05) is 29.6 Å². The molecule has 1 aliphatic heterocycles. The molecule has 1 saturated heterocycles. The molecule has 0 bridgehead atoms. The van der Waals surface area contributed by atoms with Crippen molar-refractivity contribution < 1.29 is 14.3 Å². The van der Waals surface area contributed by atoms with Crippen LogP contribution < -0.4 is 10.5 Å². The molecule has 1 aromatic carbocycles. The van der Waals surface area contributed by atoms with E-state index in [0.29, 0.717) is 12.2 Å². The number of morpholine rings is 1. The molecular formula is C17H20N2O3S. The summed E-state index contributed by atoms with van der Waals surface area (Å²) in [5.74, 6) is 0.469. The standard InChI is InChI=1S/C17H20N2O3S/c1-21-14-4-2-3-12(7-14)16-10-19(5-6-22-16)9-15-8-13(11-23-15)17(18)20/h2-4,7-8,11,16H,5-6,9-10H2,1H3,(H2,18,20)/t16-/m0/s1. The smallest absolute Gasteiger partial charge is 0.249 e. The number of amides is 1. The van der Waals surface area contributed by atoms with Gasteiger partial charge in [0.15, 0.2) is 0 Å². The minimum absolute atomic E-state index is 0.0365. The molecule has 2 aromatic rings. The van der Waals surface area contributed by atoms with Gasteiger partial charge in [-0.15, -0.1) is 11.3 Å². The summed E-state index contributed by atoms with van der Waals surface area (Å²) < 4.78 is 11.2. The van der Waals surface area contributed by atoms with Crippen LogP contribution in [0.5, 0.6) is 5.75 Å². The third kappa shape index (κ3) is 3.90. The fourth-order valence-corrected chi connectivity index (χ4v) is 3.62. The zero-order chi connectivity index (χ0) is 16.2. The van der Waals surface area contributed by atoms with E-state index in [1.54, 1.807) is 18.4 Å². The summed E-state index contributed by atoms with van der Waals surface area (Å²) in [5.41, 5.74) is 7.02. The van der Waals surface area contributed by atoms with Gasteiger partial charge in [-0.2, -0.15) is 0 Å². The minimum Gasteiger partial charge on any atom is -0.497 e. The normalized spacial score (nSPS) is 18.7. The van der Waals surface area contributed by atoms with Crippen molar-refractivity contribution in [1.82, 2.24) is 4.90 Å². The fourth-order valence-electron chi connectivity index (χ4n) is 2.70. The van der Waals surface area contributed by atoms with Crippen LogP contribution in [0.25, 0.3) is 0 Å². The van der Waals surface area contributed by atoms with Crippen molar-refractivity contribution in [3.63, 3.8) is 0 Å². The van der Waals surface area contributed by atoms with Crippen molar-refractivity contribution in [3.05, 3.63) is 51.7 Å². The maximum absolute atomic E-state index is 11.2. The van der Waals surface area contributed by atoms with Crippen molar-refractivity contribution in [3.8, 4) is 5.75 Å². The Morgan fingerprint density at radius 2 is 2.35 bits per heavy atom. The van der Waals surface area contributed by atoms with Gasteiger partial charge in [0.2, 0.25) is 5.91 Å². The lowest BCUT2D eigenvalue weighted by Gasteiger charge is -2.33. The van der Waals surface area contributed by atoms with Gasteiger partial charge < -0.3 is 15.2 Å². The summed E-state index contributed by atoms with van der Waals surface area (Å²) in [6.45, 7) is 3.19. The van der Waals surface area contributed by atoms with Crippen LogP contribution in [0.1, 0.15) is 26.9 Å². The highest BCUT2D eigenvalue weighted by atomic mass is 32.1. The van der Waals surface area contributed by atoms with Gasteiger partial charge >= 0.3 is 0 Å². The second-order valence-corrected chi connectivity index (χ2v) is 6.53. The lowest BCUT2D eigenvalue weighted by atomic mass is 10.1. The zero-order valence-electron chi connectivity index (χ0n) is 13.0. The SMILES string of the molecule is COc1cccc([C@@H]2CN(Cc3cc(C(N)=O)cs3)CCO2)c1. The largest absolute Gasteiger partial charge is 0.497 e. The Balaban J connectivity index is 1.66. The molecule has 0 radical (unpaired) electrons. The molecular weight excluding hydrogens is 312 g/mol. The average molecular weight is 332 g/mol. The summed E-state index contributed by atoms with van der Waals surface area (Å²) in [6, 6.07) is 9.87. The monoisotopic (exact) mass is 332 g/mol. The highest BCUT2D eigenvalue weighted by molar-refractivity contribution is 7.10. The van der Waals surface area contributed by atoms with E-state index in [4.69, 9.17) is 15.2 Å². The number of methoxy groups -OCH3 is 1. The number of hydrogen-bond acceptors (Lipinski definition) is 5. The molecule has 0 unspecified atom stereocenters. The maximum atomic E-state index is 11.2. The first kappa shape index (κ1) is 16.0. The lowest BCUT2D eigenvalue weighted by molar-refractivity contribution is -0.0327. The molecule has 0 saturated carbocycles. The number of hydrogen-bond donors (Lipinski definition) is 1. The van der Waals surface area contributed by atoms with E-state index < -0.39 is 0 Å². The highest BCUT2D eigenvalue weighted by Gasteiger charge is 2.23. The molecule has 1 amide bonds. The summed E-state index contributed by atoms with van der Waals surface area (Å²) in [6.07, 6.45) is 0.0365. The van der Waals surface area contributed by atoms with Gasteiger partial charge in [0.05, 0.1) is 25.4 Å². The molecule has 1 aliphatic rings. The van der Waals surface area contributed by atoms with E-state index in [0.717, 1.165) is 35.8 Å². The third-order valence-electron chi connectivity index (χ3n) is 3.93. The van der Waals surface area contributed by atoms with Crippen molar-refractivity contribution >= 4 is 17.2 Å². The number of carbonyl (C=O) groups is 1. The van der Waals surface area contributed by atoms with Crippen LogP contribution in [0.15, 0.2) is 35.7 Å². The Labute approximate surface area is 139 Å². The first-order chi connectivity index (χ1) is 11.2. The van der Waals surface area contributed by atoms with Crippen LogP contribution in [0, 0.1) is 0 Å². The second kappa shape index (κ2) is 7.12. The summed E-state index contributed by atoms with van der Waals surface area (Å²) in [4.78, 5) is 14.7. The average Bonchev–Trinajstić information content (AvgIpc) is 3.04. The van der Waals surface area contributed by atoms with Crippen LogP contribution in [0.4, 0.5) is 0 Å². The van der Waals surface area contributed by atoms with Crippen LogP contribution in [-0.4, -0.2) is 37.6 Å². The molecule has 6 heteroatoms.